The quantitative estimate of drug-likeness (QED) is 0.571. The minimum absolute atomic E-state index is 0.199. The molecular formula is C19H17FN6. The lowest BCUT2D eigenvalue weighted by atomic mass is 9.97. The van der Waals surface area contributed by atoms with Crippen LogP contribution in [0.25, 0.3) is 16.7 Å². The van der Waals surface area contributed by atoms with Crippen molar-refractivity contribution in [3.8, 4) is 0 Å². The number of nitrogen functional groups attached to an aromatic ring is 1. The van der Waals surface area contributed by atoms with Gasteiger partial charge in [-0.2, -0.15) is 4.98 Å². The van der Waals surface area contributed by atoms with Crippen LogP contribution in [0.5, 0.6) is 0 Å². The number of aryl methyl sites for hydroxylation is 1. The maximum Gasteiger partial charge on any atom is 0.258 e. The zero-order valence-corrected chi connectivity index (χ0v) is 14.3. The second-order valence-corrected chi connectivity index (χ2v) is 6.59. The van der Waals surface area contributed by atoms with E-state index >= 15 is 0 Å². The van der Waals surface area contributed by atoms with Crippen molar-refractivity contribution in [3.05, 3.63) is 53.3 Å². The Hall–Kier alpha value is -3.22. The van der Waals surface area contributed by atoms with E-state index in [0.29, 0.717) is 22.5 Å². The van der Waals surface area contributed by atoms with Crippen LogP contribution in [0.3, 0.4) is 0 Å². The molecule has 0 fully saturated rings. The Bertz CT molecular complexity index is 1170. The molecule has 6 nitrogen and oxygen atoms in total. The number of hydrogen-bond acceptors (Lipinski definition) is 5. The van der Waals surface area contributed by atoms with Gasteiger partial charge in [0.2, 0.25) is 5.95 Å². The molecule has 130 valence electrons. The number of aromatic nitrogens is 4. The molecule has 0 aliphatic carbocycles. The van der Waals surface area contributed by atoms with Crippen LogP contribution >= 0.6 is 0 Å². The highest BCUT2D eigenvalue weighted by atomic mass is 19.1. The maximum absolute atomic E-state index is 14.9. The number of nitrogens with two attached hydrogens (primary N) is 1. The molecule has 0 atom stereocenters. The first-order chi connectivity index (χ1) is 12.6. The lowest BCUT2D eigenvalue weighted by Gasteiger charge is -2.32. The van der Waals surface area contributed by atoms with Gasteiger partial charge in [0.15, 0.2) is 0 Å². The monoisotopic (exact) mass is 348 g/mol. The topological polar surface area (TPSA) is 72.3 Å². The van der Waals surface area contributed by atoms with Crippen LogP contribution in [0.4, 0.5) is 21.8 Å². The number of nitrogens with zero attached hydrogens (tertiary/aromatic N) is 5. The van der Waals surface area contributed by atoms with Gasteiger partial charge in [0.1, 0.15) is 11.6 Å². The third-order valence-corrected chi connectivity index (χ3v) is 5.07. The van der Waals surface area contributed by atoms with E-state index in [1.54, 1.807) is 10.5 Å². The number of benzene rings is 2. The first kappa shape index (κ1) is 15.1. The summed E-state index contributed by atoms with van der Waals surface area (Å²) in [5, 5.41) is 8.39. The second-order valence-electron chi connectivity index (χ2n) is 6.59. The van der Waals surface area contributed by atoms with Crippen LogP contribution in [-0.2, 0) is 6.42 Å². The van der Waals surface area contributed by atoms with Crippen LogP contribution < -0.4 is 10.6 Å². The Labute approximate surface area is 149 Å². The van der Waals surface area contributed by atoms with Crippen LogP contribution in [-0.4, -0.2) is 26.1 Å². The molecule has 2 N–H and O–H groups in total. The van der Waals surface area contributed by atoms with Gasteiger partial charge in [0.05, 0.1) is 10.9 Å². The minimum Gasteiger partial charge on any atom is -0.368 e. The molecule has 0 unspecified atom stereocenters. The zero-order chi connectivity index (χ0) is 17.8. The molecule has 26 heavy (non-hydrogen) atoms. The first-order valence-electron chi connectivity index (χ1n) is 8.60. The molecule has 0 radical (unpaired) electrons. The van der Waals surface area contributed by atoms with Crippen molar-refractivity contribution in [2.24, 2.45) is 0 Å². The van der Waals surface area contributed by atoms with Crippen LogP contribution in [0.1, 0.15) is 17.5 Å². The average molecular weight is 348 g/mol. The molecule has 0 amide bonds. The largest absolute Gasteiger partial charge is 0.368 e. The molecule has 0 saturated carbocycles. The van der Waals surface area contributed by atoms with E-state index in [4.69, 9.17) is 5.73 Å². The fraction of sp³-hybridized carbons (Fsp3) is 0.211. The summed E-state index contributed by atoms with van der Waals surface area (Å²) >= 11 is 0. The summed E-state index contributed by atoms with van der Waals surface area (Å²) in [4.78, 5) is 6.72. The number of hydrogen-bond donors (Lipinski definition) is 1. The van der Waals surface area contributed by atoms with E-state index in [1.807, 2.05) is 12.1 Å². The van der Waals surface area contributed by atoms with Gasteiger partial charge in [0, 0.05) is 12.2 Å². The summed E-state index contributed by atoms with van der Waals surface area (Å²) in [6.45, 7) is 2.88. The van der Waals surface area contributed by atoms with E-state index in [0.717, 1.165) is 25.1 Å². The molecule has 1 aliphatic heterocycles. The molecule has 0 spiro atoms. The van der Waals surface area contributed by atoms with Gasteiger partial charge >= 0.3 is 0 Å². The van der Waals surface area contributed by atoms with Crippen molar-refractivity contribution < 1.29 is 4.39 Å². The Morgan fingerprint density at radius 3 is 2.85 bits per heavy atom. The Morgan fingerprint density at radius 1 is 1.12 bits per heavy atom. The van der Waals surface area contributed by atoms with E-state index in [1.165, 1.54) is 17.2 Å². The number of anilines is 3. The number of halogens is 1. The number of fused-ring (bicyclic) bond motifs is 4. The summed E-state index contributed by atoms with van der Waals surface area (Å²) in [6.07, 6.45) is 1.99. The normalized spacial score (nSPS) is 14.2. The summed E-state index contributed by atoms with van der Waals surface area (Å²) in [7, 11) is 0. The Balaban J connectivity index is 1.87. The summed E-state index contributed by atoms with van der Waals surface area (Å²) in [6, 6.07) is 11.1. The standard InChI is InChI=1S/C19H17FN6/c1-11-5-2-8-14-12(11)6-4-10-25(14)17-16-13(20)7-3-9-15(16)26-18(21)23-24-19(26)22-17/h2-3,5,7-9H,4,6,10H2,1H3,(H2,21,23). The van der Waals surface area contributed by atoms with Crippen molar-refractivity contribution in [1.29, 1.82) is 0 Å². The predicted octanol–water partition coefficient (Wildman–Crippen LogP) is 3.39. The van der Waals surface area contributed by atoms with Gasteiger partial charge in [0.25, 0.3) is 5.78 Å². The van der Waals surface area contributed by atoms with Gasteiger partial charge in [-0.3, -0.25) is 0 Å². The predicted molar refractivity (Wildman–Crippen MR) is 99.2 cm³/mol. The highest BCUT2D eigenvalue weighted by molar-refractivity contribution is 5.95. The van der Waals surface area contributed by atoms with Crippen molar-refractivity contribution in [3.63, 3.8) is 0 Å². The third-order valence-electron chi connectivity index (χ3n) is 5.07. The molecular weight excluding hydrogens is 331 g/mol. The number of rotatable bonds is 1. The van der Waals surface area contributed by atoms with Crippen molar-refractivity contribution in [2.75, 3.05) is 17.2 Å². The van der Waals surface area contributed by atoms with E-state index in [-0.39, 0.29) is 11.8 Å². The first-order valence-corrected chi connectivity index (χ1v) is 8.60. The molecule has 0 bridgehead atoms. The smallest absolute Gasteiger partial charge is 0.258 e. The summed E-state index contributed by atoms with van der Waals surface area (Å²) < 4.78 is 16.4. The van der Waals surface area contributed by atoms with E-state index < -0.39 is 0 Å². The zero-order valence-electron chi connectivity index (χ0n) is 14.3. The summed E-state index contributed by atoms with van der Waals surface area (Å²) in [5.74, 6) is 0.796. The van der Waals surface area contributed by atoms with Crippen LogP contribution in [0, 0.1) is 12.7 Å². The van der Waals surface area contributed by atoms with Crippen LogP contribution in [0.15, 0.2) is 36.4 Å². The Morgan fingerprint density at radius 2 is 1.96 bits per heavy atom. The van der Waals surface area contributed by atoms with Crippen molar-refractivity contribution >= 4 is 34.1 Å². The molecule has 1 aliphatic rings. The summed E-state index contributed by atoms with van der Waals surface area (Å²) in [5.41, 5.74) is 10.1. The average Bonchev–Trinajstić information content (AvgIpc) is 3.02. The van der Waals surface area contributed by atoms with Gasteiger partial charge in [-0.1, -0.05) is 18.2 Å². The van der Waals surface area contributed by atoms with Gasteiger partial charge in [-0.25, -0.2) is 8.79 Å². The van der Waals surface area contributed by atoms with E-state index in [2.05, 4.69) is 39.1 Å². The van der Waals surface area contributed by atoms with Crippen LogP contribution in [0.2, 0.25) is 0 Å². The van der Waals surface area contributed by atoms with Gasteiger partial charge in [-0.15, -0.1) is 10.2 Å². The molecule has 2 aromatic carbocycles. The van der Waals surface area contributed by atoms with Crippen molar-refractivity contribution in [1.82, 2.24) is 19.6 Å². The molecule has 5 rings (SSSR count). The maximum atomic E-state index is 14.9. The fourth-order valence-corrected chi connectivity index (χ4v) is 3.88. The molecule has 7 heteroatoms. The molecule has 2 aromatic heterocycles. The van der Waals surface area contributed by atoms with Gasteiger partial charge < -0.3 is 10.6 Å². The Kier molecular flexibility index (Phi) is 3.12. The lowest BCUT2D eigenvalue weighted by molar-refractivity contribution is 0.638. The van der Waals surface area contributed by atoms with E-state index in [9.17, 15) is 4.39 Å². The second kappa shape index (κ2) is 5.39. The van der Waals surface area contributed by atoms with Crippen molar-refractivity contribution in [2.45, 2.75) is 19.8 Å². The molecule has 0 saturated heterocycles. The highest BCUT2D eigenvalue weighted by Gasteiger charge is 2.25. The molecule has 3 heterocycles. The fourth-order valence-electron chi connectivity index (χ4n) is 3.88. The minimum atomic E-state index is -0.334. The third kappa shape index (κ3) is 2.00. The SMILES string of the molecule is Cc1cccc2c1CCCN2c1nc2nnc(N)n2c2cccc(F)c12. The van der Waals surface area contributed by atoms with Gasteiger partial charge in [-0.05, 0) is 49.1 Å². The molecule has 4 aromatic rings. The highest BCUT2D eigenvalue weighted by Crippen LogP contribution is 2.38. The lowest BCUT2D eigenvalue weighted by Crippen LogP contribution is -2.26.